The van der Waals surface area contributed by atoms with Crippen LogP contribution in [0.2, 0.25) is 0 Å². The van der Waals surface area contributed by atoms with E-state index in [9.17, 15) is 13.2 Å². The lowest BCUT2D eigenvalue weighted by Crippen LogP contribution is -2.45. The van der Waals surface area contributed by atoms with Gasteiger partial charge in [-0.05, 0) is 25.8 Å². The summed E-state index contributed by atoms with van der Waals surface area (Å²) < 4.78 is 30.1. The zero-order valence-electron chi connectivity index (χ0n) is 15.0. The molecule has 0 radical (unpaired) electrons. The summed E-state index contributed by atoms with van der Waals surface area (Å²) in [5, 5.41) is 11.1. The molecule has 1 saturated heterocycles. The Hall–Kier alpha value is -2.20. The van der Waals surface area contributed by atoms with Gasteiger partial charge >= 0.3 is 0 Å². The SMILES string of the molecule is CCn1ccc(CNC(=O)[C@@H]2CCCN(S(=O)(=O)c3cnn(C)c3)C2)n1. The predicted octanol–water partition coefficient (Wildman–Crippen LogP) is 0.354. The van der Waals surface area contributed by atoms with E-state index in [1.54, 1.807) is 11.7 Å². The lowest BCUT2D eigenvalue weighted by molar-refractivity contribution is -0.126. The first kappa shape index (κ1) is 18.6. The quantitative estimate of drug-likeness (QED) is 0.779. The number of carbonyl (C=O) groups is 1. The summed E-state index contributed by atoms with van der Waals surface area (Å²) >= 11 is 0. The van der Waals surface area contributed by atoms with Gasteiger partial charge in [0.15, 0.2) is 0 Å². The minimum atomic E-state index is -3.62. The summed E-state index contributed by atoms with van der Waals surface area (Å²) in [5.74, 6) is -0.495. The Morgan fingerprint density at radius 3 is 2.88 bits per heavy atom. The highest BCUT2D eigenvalue weighted by atomic mass is 32.2. The number of amides is 1. The van der Waals surface area contributed by atoms with Gasteiger partial charge in [-0.25, -0.2) is 8.42 Å². The van der Waals surface area contributed by atoms with Crippen molar-refractivity contribution in [2.24, 2.45) is 13.0 Å². The highest BCUT2D eigenvalue weighted by Crippen LogP contribution is 2.23. The first-order valence-corrected chi connectivity index (χ1v) is 10.1. The molecule has 0 aromatic carbocycles. The number of aryl methyl sites for hydroxylation is 2. The van der Waals surface area contributed by atoms with Crippen LogP contribution in [-0.4, -0.2) is 51.3 Å². The van der Waals surface area contributed by atoms with Gasteiger partial charge in [0.05, 0.1) is 24.4 Å². The Bertz CT molecular complexity index is 872. The van der Waals surface area contributed by atoms with E-state index in [0.717, 1.165) is 12.2 Å². The Labute approximate surface area is 153 Å². The molecule has 0 aliphatic carbocycles. The average molecular weight is 380 g/mol. The van der Waals surface area contributed by atoms with E-state index in [0.29, 0.717) is 25.9 Å². The van der Waals surface area contributed by atoms with Gasteiger partial charge in [-0.2, -0.15) is 14.5 Å². The molecule has 2 aromatic rings. The Morgan fingerprint density at radius 2 is 2.23 bits per heavy atom. The third-order valence-corrected chi connectivity index (χ3v) is 6.36. The normalized spacial score (nSPS) is 18.8. The average Bonchev–Trinajstić information content (AvgIpc) is 3.28. The number of aromatic nitrogens is 4. The number of hydrogen-bond donors (Lipinski definition) is 1. The van der Waals surface area contributed by atoms with Crippen LogP contribution < -0.4 is 5.32 Å². The number of carbonyl (C=O) groups excluding carboxylic acids is 1. The zero-order chi connectivity index (χ0) is 18.7. The van der Waals surface area contributed by atoms with E-state index in [1.165, 1.54) is 21.4 Å². The number of nitrogens with zero attached hydrogens (tertiary/aromatic N) is 5. The molecule has 10 heteroatoms. The molecular weight excluding hydrogens is 356 g/mol. The summed E-state index contributed by atoms with van der Waals surface area (Å²) in [6, 6.07) is 1.86. The van der Waals surface area contributed by atoms with Gasteiger partial charge < -0.3 is 5.32 Å². The molecule has 3 heterocycles. The molecule has 0 spiro atoms. The first-order valence-electron chi connectivity index (χ1n) is 8.69. The monoisotopic (exact) mass is 380 g/mol. The van der Waals surface area contributed by atoms with Gasteiger partial charge in [0.2, 0.25) is 15.9 Å². The fraction of sp³-hybridized carbons (Fsp3) is 0.562. The molecule has 1 fully saturated rings. The zero-order valence-corrected chi connectivity index (χ0v) is 15.8. The minimum absolute atomic E-state index is 0.137. The molecule has 1 atom stereocenters. The second-order valence-electron chi connectivity index (χ2n) is 6.43. The summed E-state index contributed by atoms with van der Waals surface area (Å²) in [7, 11) is -1.95. The largest absolute Gasteiger partial charge is 0.350 e. The molecule has 3 rings (SSSR count). The van der Waals surface area contributed by atoms with Crippen molar-refractivity contribution in [3.05, 3.63) is 30.4 Å². The number of piperidine rings is 1. The maximum Gasteiger partial charge on any atom is 0.246 e. The predicted molar refractivity (Wildman–Crippen MR) is 94.4 cm³/mol. The molecule has 2 aromatic heterocycles. The molecule has 0 unspecified atom stereocenters. The van der Waals surface area contributed by atoms with E-state index >= 15 is 0 Å². The summed E-state index contributed by atoms with van der Waals surface area (Å²) in [6.07, 6.45) is 6.01. The van der Waals surface area contributed by atoms with Gasteiger partial charge in [0.1, 0.15) is 4.90 Å². The van der Waals surface area contributed by atoms with Gasteiger partial charge in [0, 0.05) is 39.1 Å². The van der Waals surface area contributed by atoms with E-state index in [4.69, 9.17) is 0 Å². The van der Waals surface area contributed by atoms with Crippen LogP contribution in [-0.2, 0) is 35.0 Å². The van der Waals surface area contributed by atoms with Gasteiger partial charge in [-0.1, -0.05) is 0 Å². The first-order chi connectivity index (χ1) is 12.4. The van der Waals surface area contributed by atoms with Crippen molar-refractivity contribution in [2.75, 3.05) is 13.1 Å². The fourth-order valence-corrected chi connectivity index (χ4v) is 4.56. The van der Waals surface area contributed by atoms with Crippen molar-refractivity contribution in [3.63, 3.8) is 0 Å². The van der Waals surface area contributed by atoms with Crippen molar-refractivity contribution < 1.29 is 13.2 Å². The molecule has 0 saturated carbocycles. The van der Waals surface area contributed by atoms with Crippen molar-refractivity contribution in [3.8, 4) is 0 Å². The molecule has 0 bridgehead atoms. The Balaban J connectivity index is 1.61. The third-order valence-electron chi connectivity index (χ3n) is 4.54. The lowest BCUT2D eigenvalue weighted by Gasteiger charge is -2.30. The molecule has 26 heavy (non-hydrogen) atoms. The van der Waals surface area contributed by atoms with Crippen LogP contribution >= 0.6 is 0 Å². The van der Waals surface area contributed by atoms with Crippen molar-refractivity contribution in [2.45, 2.75) is 37.8 Å². The molecular formula is C16H24N6O3S. The standard InChI is InChI=1S/C16H24N6O3S/c1-3-21-8-6-14(19-21)9-17-16(23)13-5-4-7-22(11-13)26(24,25)15-10-18-20(2)12-15/h6,8,10,12-13H,3-5,7,9,11H2,1-2H3,(H,17,23)/t13-/m1/s1. The van der Waals surface area contributed by atoms with Crippen LogP contribution in [0.5, 0.6) is 0 Å². The molecule has 9 nitrogen and oxygen atoms in total. The molecule has 1 amide bonds. The number of rotatable bonds is 6. The Kier molecular flexibility index (Phi) is 5.42. The fourth-order valence-electron chi connectivity index (χ4n) is 3.05. The van der Waals surface area contributed by atoms with E-state index in [1.807, 2.05) is 19.2 Å². The molecule has 1 aliphatic heterocycles. The van der Waals surface area contributed by atoms with Crippen LogP contribution in [0.25, 0.3) is 0 Å². The number of nitrogens with one attached hydrogen (secondary N) is 1. The number of sulfonamides is 1. The molecule has 1 N–H and O–H groups in total. The summed E-state index contributed by atoms with van der Waals surface area (Å²) in [5.41, 5.74) is 0.788. The van der Waals surface area contributed by atoms with Crippen molar-refractivity contribution in [1.29, 1.82) is 0 Å². The lowest BCUT2D eigenvalue weighted by atomic mass is 9.99. The maximum absolute atomic E-state index is 12.7. The smallest absolute Gasteiger partial charge is 0.246 e. The summed E-state index contributed by atoms with van der Waals surface area (Å²) in [6.45, 7) is 3.72. The van der Waals surface area contributed by atoms with Gasteiger partial charge in [-0.3, -0.25) is 14.2 Å². The van der Waals surface area contributed by atoms with Crippen molar-refractivity contribution >= 4 is 15.9 Å². The topological polar surface area (TPSA) is 102 Å². The van der Waals surface area contributed by atoms with Crippen LogP contribution in [0.4, 0.5) is 0 Å². The molecule has 142 valence electrons. The Morgan fingerprint density at radius 1 is 1.42 bits per heavy atom. The third kappa shape index (κ3) is 3.96. The highest BCUT2D eigenvalue weighted by Gasteiger charge is 2.33. The van der Waals surface area contributed by atoms with E-state index < -0.39 is 10.0 Å². The van der Waals surface area contributed by atoms with Crippen LogP contribution in [0, 0.1) is 5.92 Å². The second-order valence-corrected chi connectivity index (χ2v) is 8.37. The van der Waals surface area contributed by atoms with E-state index in [-0.39, 0.29) is 23.3 Å². The van der Waals surface area contributed by atoms with Gasteiger partial charge in [-0.15, -0.1) is 0 Å². The summed E-state index contributed by atoms with van der Waals surface area (Å²) in [4.78, 5) is 12.6. The highest BCUT2D eigenvalue weighted by molar-refractivity contribution is 7.89. The van der Waals surface area contributed by atoms with Crippen LogP contribution in [0.15, 0.2) is 29.6 Å². The van der Waals surface area contributed by atoms with Crippen molar-refractivity contribution in [1.82, 2.24) is 29.2 Å². The van der Waals surface area contributed by atoms with Crippen LogP contribution in [0.3, 0.4) is 0 Å². The number of hydrogen-bond acceptors (Lipinski definition) is 5. The minimum Gasteiger partial charge on any atom is -0.350 e. The van der Waals surface area contributed by atoms with Gasteiger partial charge in [0.25, 0.3) is 0 Å². The molecule has 1 aliphatic rings. The maximum atomic E-state index is 12.7. The van der Waals surface area contributed by atoms with E-state index in [2.05, 4.69) is 15.5 Å². The van der Waals surface area contributed by atoms with Crippen LogP contribution in [0.1, 0.15) is 25.5 Å². The second kappa shape index (κ2) is 7.58.